The Morgan fingerprint density at radius 1 is 1.11 bits per heavy atom. The summed E-state index contributed by atoms with van der Waals surface area (Å²) in [6.07, 6.45) is 3.15. The predicted molar refractivity (Wildman–Crippen MR) is 105 cm³/mol. The van der Waals surface area contributed by atoms with Gasteiger partial charge in [0.05, 0.1) is 13.1 Å². The molecule has 1 aliphatic heterocycles. The molecule has 150 valence electrons. The molecule has 1 saturated heterocycles. The van der Waals surface area contributed by atoms with Crippen LogP contribution in [0.4, 0.5) is 10.2 Å². The second-order valence-corrected chi connectivity index (χ2v) is 7.03. The summed E-state index contributed by atoms with van der Waals surface area (Å²) in [6, 6.07) is 6.02. The first-order chi connectivity index (χ1) is 13.4. The molecule has 7 nitrogen and oxygen atoms in total. The normalized spacial score (nSPS) is 14.9. The summed E-state index contributed by atoms with van der Waals surface area (Å²) in [5, 5.41) is 0. The van der Waals surface area contributed by atoms with Crippen LogP contribution < -0.4 is 17.0 Å². The first-order valence-corrected chi connectivity index (χ1v) is 9.56. The molecular weight excluding hydrogens is 363 g/mol. The minimum absolute atomic E-state index is 0.0844. The Labute approximate surface area is 162 Å². The van der Waals surface area contributed by atoms with Crippen LogP contribution in [0, 0.1) is 5.82 Å². The van der Waals surface area contributed by atoms with E-state index < -0.39 is 22.8 Å². The average Bonchev–Trinajstić information content (AvgIpc) is 2.67. The van der Waals surface area contributed by atoms with Crippen LogP contribution in [0.1, 0.15) is 42.1 Å². The third kappa shape index (κ3) is 3.91. The molecule has 0 atom stereocenters. The van der Waals surface area contributed by atoms with E-state index >= 15 is 0 Å². The minimum atomic E-state index is -0.684. The number of nitrogens with two attached hydrogens (primary N) is 1. The number of halogens is 1. The highest BCUT2D eigenvalue weighted by Gasteiger charge is 2.24. The van der Waals surface area contributed by atoms with Gasteiger partial charge in [0, 0.05) is 12.1 Å². The molecule has 0 saturated carbocycles. The maximum atomic E-state index is 14.1. The molecule has 1 aliphatic rings. The molecule has 2 aromatic rings. The van der Waals surface area contributed by atoms with E-state index in [4.69, 9.17) is 5.73 Å². The zero-order valence-electron chi connectivity index (χ0n) is 16.0. The number of anilines is 1. The van der Waals surface area contributed by atoms with Crippen LogP contribution in [-0.2, 0) is 13.1 Å². The van der Waals surface area contributed by atoms with Crippen LogP contribution >= 0.6 is 0 Å². The molecule has 2 N–H and O–H groups in total. The first kappa shape index (κ1) is 20.0. The highest BCUT2D eigenvalue weighted by Crippen LogP contribution is 2.14. The third-order valence-electron chi connectivity index (χ3n) is 5.17. The first-order valence-electron chi connectivity index (χ1n) is 9.56. The van der Waals surface area contributed by atoms with Gasteiger partial charge in [-0.2, -0.15) is 0 Å². The van der Waals surface area contributed by atoms with Crippen molar-refractivity contribution in [3.8, 4) is 0 Å². The fraction of sp³-hybridized carbons (Fsp3) is 0.450. The monoisotopic (exact) mass is 388 g/mol. The Bertz CT molecular complexity index is 990. The number of carbonyl (C=O) groups excluding carboxylic acids is 1. The number of hydrogen-bond acceptors (Lipinski definition) is 5. The highest BCUT2D eigenvalue weighted by molar-refractivity contribution is 6.01. The number of rotatable bonds is 6. The largest absolute Gasteiger partial charge is 0.384 e. The summed E-state index contributed by atoms with van der Waals surface area (Å²) in [5.41, 5.74) is 4.83. The van der Waals surface area contributed by atoms with E-state index in [2.05, 4.69) is 0 Å². The summed E-state index contributed by atoms with van der Waals surface area (Å²) >= 11 is 0. The number of ketones is 1. The molecule has 3 rings (SSSR count). The number of likely N-dealkylation sites (tertiary alicyclic amines) is 1. The van der Waals surface area contributed by atoms with Gasteiger partial charge in [-0.3, -0.25) is 23.6 Å². The summed E-state index contributed by atoms with van der Waals surface area (Å²) in [5.74, 6) is -1.09. The van der Waals surface area contributed by atoms with Crippen molar-refractivity contribution in [1.82, 2.24) is 14.0 Å². The number of nitrogen functional groups attached to an aromatic ring is 1. The van der Waals surface area contributed by atoms with E-state index in [0.717, 1.165) is 41.5 Å². The van der Waals surface area contributed by atoms with Crippen molar-refractivity contribution in [1.29, 1.82) is 0 Å². The quantitative estimate of drug-likeness (QED) is 0.757. The van der Waals surface area contributed by atoms with Gasteiger partial charge in [-0.1, -0.05) is 24.6 Å². The number of piperidine rings is 1. The van der Waals surface area contributed by atoms with Crippen LogP contribution in [-0.4, -0.2) is 39.5 Å². The van der Waals surface area contributed by atoms with E-state index in [-0.39, 0.29) is 36.6 Å². The molecule has 1 aromatic carbocycles. The molecular formula is C20H25FN4O3. The predicted octanol–water partition coefficient (Wildman–Crippen LogP) is 1.47. The highest BCUT2D eigenvalue weighted by atomic mass is 19.1. The zero-order valence-corrected chi connectivity index (χ0v) is 16.0. The van der Waals surface area contributed by atoms with E-state index in [0.29, 0.717) is 0 Å². The molecule has 0 unspecified atom stereocenters. The van der Waals surface area contributed by atoms with E-state index in [1.54, 1.807) is 19.1 Å². The minimum Gasteiger partial charge on any atom is -0.384 e. The van der Waals surface area contributed by atoms with Crippen LogP contribution in [0.15, 0.2) is 33.9 Å². The molecule has 0 bridgehead atoms. The maximum absolute atomic E-state index is 14.1. The van der Waals surface area contributed by atoms with Gasteiger partial charge in [-0.15, -0.1) is 0 Å². The standard InChI is InChI=1S/C20H25FN4O3/c1-2-24-19(27)17(16(26)13-23-10-6-3-7-11-23)18(22)25(20(24)28)12-14-8-4-5-9-15(14)21/h4-5,8-9H,2-3,6-7,10-13,22H2,1H3. The maximum Gasteiger partial charge on any atom is 0.332 e. The molecule has 0 aliphatic carbocycles. The topological polar surface area (TPSA) is 90.3 Å². The van der Waals surface area contributed by atoms with Crippen molar-refractivity contribution in [3.05, 3.63) is 62.0 Å². The second-order valence-electron chi connectivity index (χ2n) is 7.03. The molecule has 8 heteroatoms. The average molecular weight is 388 g/mol. The Morgan fingerprint density at radius 2 is 1.79 bits per heavy atom. The van der Waals surface area contributed by atoms with E-state index in [1.807, 2.05) is 4.90 Å². The van der Waals surface area contributed by atoms with Gasteiger partial charge >= 0.3 is 5.69 Å². The van der Waals surface area contributed by atoms with Crippen molar-refractivity contribution < 1.29 is 9.18 Å². The van der Waals surface area contributed by atoms with Crippen molar-refractivity contribution in [3.63, 3.8) is 0 Å². The molecule has 0 spiro atoms. The summed E-state index contributed by atoms with van der Waals surface area (Å²) in [7, 11) is 0. The molecule has 1 aromatic heterocycles. The third-order valence-corrected chi connectivity index (χ3v) is 5.17. The lowest BCUT2D eigenvalue weighted by Gasteiger charge is -2.26. The van der Waals surface area contributed by atoms with Gasteiger partial charge in [-0.05, 0) is 38.9 Å². The van der Waals surface area contributed by atoms with Gasteiger partial charge in [0.2, 0.25) is 0 Å². The number of carbonyl (C=O) groups is 1. The number of hydrogen-bond donors (Lipinski definition) is 1. The molecule has 0 amide bonds. The van der Waals surface area contributed by atoms with Crippen molar-refractivity contribution in [2.45, 2.75) is 39.3 Å². The van der Waals surface area contributed by atoms with Gasteiger partial charge in [-0.25, -0.2) is 9.18 Å². The fourth-order valence-corrected chi connectivity index (χ4v) is 3.61. The van der Waals surface area contributed by atoms with Crippen LogP contribution in [0.3, 0.4) is 0 Å². The van der Waals surface area contributed by atoms with Crippen LogP contribution in [0.2, 0.25) is 0 Å². The summed E-state index contributed by atoms with van der Waals surface area (Å²) < 4.78 is 16.1. The fourth-order valence-electron chi connectivity index (χ4n) is 3.61. The lowest BCUT2D eigenvalue weighted by Crippen LogP contribution is -2.45. The Hall–Kier alpha value is -2.74. The van der Waals surface area contributed by atoms with E-state index in [1.165, 1.54) is 12.1 Å². The SMILES string of the molecule is CCn1c(=O)c(C(=O)CN2CCCCC2)c(N)n(Cc2ccccc2F)c1=O. The van der Waals surface area contributed by atoms with Gasteiger partial charge in [0.15, 0.2) is 5.78 Å². The van der Waals surface area contributed by atoms with Gasteiger partial charge in [0.1, 0.15) is 17.2 Å². The smallest absolute Gasteiger partial charge is 0.332 e. The van der Waals surface area contributed by atoms with Gasteiger partial charge < -0.3 is 5.73 Å². The molecule has 1 fully saturated rings. The van der Waals surface area contributed by atoms with E-state index in [9.17, 15) is 18.8 Å². The Morgan fingerprint density at radius 3 is 2.43 bits per heavy atom. The molecule has 0 radical (unpaired) electrons. The Balaban J connectivity index is 2.04. The summed E-state index contributed by atoms with van der Waals surface area (Å²) in [6.45, 7) is 3.26. The van der Waals surface area contributed by atoms with Crippen LogP contribution in [0.5, 0.6) is 0 Å². The number of nitrogens with zero attached hydrogens (tertiary/aromatic N) is 3. The molecule has 28 heavy (non-hydrogen) atoms. The van der Waals surface area contributed by atoms with Gasteiger partial charge in [0.25, 0.3) is 5.56 Å². The number of benzene rings is 1. The van der Waals surface area contributed by atoms with Crippen LogP contribution in [0.25, 0.3) is 0 Å². The van der Waals surface area contributed by atoms with Crippen molar-refractivity contribution >= 4 is 11.6 Å². The zero-order chi connectivity index (χ0) is 20.3. The lowest BCUT2D eigenvalue weighted by molar-refractivity contribution is 0.0913. The summed E-state index contributed by atoms with van der Waals surface area (Å²) in [4.78, 5) is 40.4. The van der Waals surface area contributed by atoms with Crippen molar-refractivity contribution in [2.24, 2.45) is 0 Å². The molecule has 2 heterocycles. The van der Waals surface area contributed by atoms with Crippen molar-refractivity contribution in [2.75, 3.05) is 25.4 Å². The number of Topliss-reactive ketones (excluding diaryl/α,β-unsaturated/α-hetero) is 1. The lowest BCUT2D eigenvalue weighted by atomic mass is 10.1. The second kappa shape index (κ2) is 8.52. The number of aromatic nitrogens is 2. The Kier molecular flexibility index (Phi) is 6.08.